The summed E-state index contributed by atoms with van der Waals surface area (Å²) in [5, 5.41) is 5.35. The van der Waals surface area contributed by atoms with E-state index < -0.39 is 0 Å². The van der Waals surface area contributed by atoms with Crippen LogP contribution in [0.25, 0.3) is 22.2 Å². The topological polar surface area (TPSA) is 49.2 Å². The number of ether oxygens (including phenoxy) is 2. The van der Waals surface area contributed by atoms with E-state index in [0.717, 1.165) is 47.4 Å². The Hall–Kier alpha value is -2.40. The summed E-state index contributed by atoms with van der Waals surface area (Å²) < 4.78 is 13.5. The predicted octanol–water partition coefficient (Wildman–Crippen LogP) is 3.89. The van der Waals surface area contributed by atoms with Crippen molar-refractivity contribution in [2.75, 3.05) is 13.2 Å². The molecule has 1 aliphatic heterocycles. The van der Waals surface area contributed by atoms with Gasteiger partial charge in [0.05, 0.1) is 23.5 Å². The van der Waals surface area contributed by atoms with Gasteiger partial charge in [-0.2, -0.15) is 5.10 Å². The number of benzene rings is 1. The molecule has 0 radical (unpaired) electrons. The molecule has 3 aromatic rings. The van der Waals surface area contributed by atoms with Crippen molar-refractivity contribution in [3.05, 3.63) is 42.2 Å². The first-order valence-electron chi connectivity index (χ1n) is 8.84. The van der Waals surface area contributed by atoms with Crippen molar-refractivity contribution >= 4 is 10.9 Å². The smallest absolute Gasteiger partial charge is 0.120 e. The molecule has 5 nitrogen and oxygen atoms in total. The van der Waals surface area contributed by atoms with E-state index in [4.69, 9.17) is 14.5 Å². The zero-order valence-electron chi connectivity index (χ0n) is 14.7. The number of hydrogen-bond acceptors (Lipinski definition) is 4. The maximum Gasteiger partial charge on any atom is 0.120 e. The lowest BCUT2D eigenvalue weighted by atomic mass is 10.1. The first-order chi connectivity index (χ1) is 12.2. The molecule has 1 aromatic carbocycles. The number of aryl methyl sites for hydroxylation is 2. The Bertz CT molecular complexity index is 882. The molecule has 4 rings (SSSR count). The van der Waals surface area contributed by atoms with Crippen molar-refractivity contribution in [1.82, 2.24) is 14.8 Å². The molecular formula is C20H23N3O2. The van der Waals surface area contributed by atoms with Gasteiger partial charge in [0.25, 0.3) is 0 Å². The second-order valence-electron chi connectivity index (χ2n) is 6.71. The Morgan fingerprint density at radius 1 is 1.28 bits per heavy atom. The zero-order valence-corrected chi connectivity index (χ0v) is 14.7. The third-order valence-corrected chi connectivity index (χ3v) is 4.70. The van der Waals surface area contributed by atoms with Crippen LogP contribution in [0.1, 0.15) is 24.8 Å². The Morgan fingerprint density at radius 2 is 2.20 bits per heavy atom. The lowest BCUT2D eigenvalue weighted by Gasteiger charge is -2.22. The highest BCUT2D eigenvalue weighted by atomic mass is 16.5. The minimum absolute atomic E-state index is 0.219. The van der Waals surface area contributed by atoms with Gasteiger partial charge in [0.1, 0.15) is 12.4 Å². The van der Waals surface area contributed by atoms with Crippen LogP contribution in [0.3, 0.4) is 0 Å². The number of aromatic nitrogens is 3. The second kappa shape index (κ2) is 6.84. The average molecular weight is 337 g/mol. The van der Waals surface area contributed by atoms with Crippen LogP contribution in [0.15, 0.2) is 36.7 Å². The molecule has 1 fully saturated rings. The summed E-state index contributed by atoms with van der Waals surface area (Å²) in [6, 6.07) is 8.20. The van der Waals surface area contributed by atoms with Crippen molar-refractivity contribution in [1.29, 1.82) is 0 Å². The molecule has 2 aromatic heterocycles. The Kier molecular flexibility index (Phi) is 4.40. The van der Waals surface area contributed by atoms with Gasteiger partial charge in [0.15, 0.2) is 0 Å². The van der Waals surface area contributed by atoms with Crippen LogP contribution in [0.4, 0.5) is 0 Å². The molecule has 0 amide bonds. The number of fused-ring (bicyclic) bond motifs is 1. The van der Waals surface area contributed by atoms with Crippen molar-refractivity contribution in [3.8, 4) is 17.0 Å². The van der Waals surface area contributed by atoms with Crippen molar-refractivity contribution in [3.63, 3.8) is 0 Å². The minimum atomic E-state index is 0.219. The maximum atomic E-state index is 5.96. The van der Waals surface area contributed by atoms with E-state index in [1.165, 1.54) is 12.0 Å². The van der Waals surface area contributed by atoms with E-state index in [1.54, 1.807) is 4.68 Å². The lowest BCUT2D eigenvalue weighted by Crippen LogP contribution is -2.25. The molecule has 0 N–H and O–H groups in total. The first-order valence-corrected chi connectivity index (χ1v) is 8.84. The molecule has 1 saturated heterocycles. The largest absolute Gasteiger partial charge is 0.491 e. The standard InChI is InChI=1S/C20H23N3O2/c1-14-9-20(15-11-21-23(2)12-15)22-19-7-6-16(10-18(14)19)25-13-17-5-3-4-8-24-17/h6-7,9-12,17H,3-5,8,13H2,1-2H3. The summed E-state index contributed by atoms with van der Waals surface area (Å²) in [6.45, 7) is 3.58. The van der Waals surface area contributed by atoms with Crippen LogP contribution >= 0.6 is 0 Å². The molecule has 5 heteroatoms. The Balaban J connectivity index is 1.57. The maximum absolute atomic E-state index is 5.96. The van der Waals surface area contributed by atoms with Gasteiger partial charge >= 0.3 is 0 Å². The predicted molar refractivity (Wildman–Crippen MR) is 97.8 cm³/mol. The minimum Gasteiger partial charge on any atom is -0.491 e. The Labute approximate surface area is 147 Å². The lowest BCUT2D eigenvalue weighted by molar-refractivity contribution is -0.0110. The van der Waals surface area contributed by atoms with Crippen molar-refractivity contribution < 1.29 is 9.47 Å². The summed E-state index contributed by atoms with van der Waals surface area (Å²) >= 11 is 0. The van der Waals surface area contributed by atoms with Crippen molar-refractivity contribution in [2.24, 2.45) is 7.05 Å². The summed E-state index contributed by atoms with van der Waals surface area (Å²) in [4.78, 5) is 4.78. The van der Waals surface area contributed by atoms with Gasteiger partial charge < -0.3 is 9.47 Å². The molecular weight excluding hydrogens is 314 g/mol. The molecule has 3 heterocycles. The molecule has 1 atom stereocenters. The van der Waals surface area contributed by atoms with Crippen LogP contribution in [-0.4, -0.2) is 34.1 Å². The van der Waals surface area contributed by atoms with Gasteiger partial charge in [-0.3, -0.25) is 4.68 Å². The Morgan fingerprint density at radius 3 is 2.96 bits per heavy atom. The molecule has 0 spiro atoms. The van der Waals surface area contributed by atoms with E-state index >= 15 is 0 Å². The van der Waals surface area contributed by atoms with Crippen LogP contribution in [-0.2, 0) is 11.8 Å². The van der Waals surface area contributed by atoms with Gasteiger partial charge in [-0.05, 0) is 56.0 Å². The summed E-state index contributed by atoms with van der Waals surface area (Å²) in [7, 11) is 1.91. The SMILES string of the molecule is Cc1cc(-c2cnn(C)c2)nc2ccc(OCC3CCCCO3)cc12. The fraction of sp³-hybridized carbons (Fsp3) is 0.400. The third-order valence-electron chi connectivity index (χ3n) is 4.70. The van der Waals surface area contributed by atoms with Crippen LogP contribution in [0.5, 0.6) is 5.75 Å². The van der Waals surface area contributed by atoms with Gasteiger partial charge in [-0.15, -0.1) is 0 Å². The number of rotatable bonds is 4. The molecule has 25 heavy (non-hydrogen) atoms. The number of hydrogen-bond donors (Lipinski definition) is 0. The summed E-state index contributed by atoms with van der Waals surface area (Å²) in [6.07, 6.45) is 7.52. The van der Waals surface area contributed by atoms with Crippen molar-refractivity contribution in [2.45, 2.75) is 32.3 Å². The van der Waals surface area contributed by atoms with E-state index in [2.05, 4.69) is 24.2 Å². The van der Waals surface area contributed by atoms with E-state index in [9.17, 15) is 0 Å². The normalized spacial score (nSPS) is 17.8. The zero-order chi connectivity index (χ0) is 17.2. The highest BCUT2D eigenvalue weighted by Gasteiger charge is 2.15. The van der Waals surface area contributed by atoms with Gasteiger partial charge in [-0.25, -0.2) is 4.98 Å². The average Bonchev–Trinajstić information content (AvgIpc) is 3.07. The van der Waals surface area contributed by atoms with Crippen LogP contribution < -0.4 is 4.74 Å². The molecule has 0 bridgehead atoms. The van der Waals surface area contributed by atoms with E-state index in [-0.39, 0.29) is 6.10 Å². The summed E-state index contributed by atoms with van der Waals surface area (Å²) in [5.74, 6) is 0.876. The number of pyridine rings is 1. The third kappa shape index (κ3) is 3.51. The first kappa shape index (κ1) is 16.1. The highest BCUT2D eigenvalue weighted by molar-refractivity contribution is 5.86. The van der Waals surface area contributed by atoms with Gasteiger partial charge in [0, 0.05) is 30.8 Å². The fourth-order valence-corrected chi connectivity index (χ4v) is 3.29. The highest BCUT2D eigenvalue weighted by Crippen LogP contribution is 2.27. The second-order valence-corrected chi connectivity index (χ2v) is 6.71. The van der Waals surface area contributed by atoms with Gasteiger partial charge in [0.2, 0.25) is 0 Å². The quantitative estimate of drug-likeness (QED) is 0.725. The van der Waals surface area contributed by atoms with Crippen LogP contribution in [0.2, 0.25) is 0 Å². The summed E-state index contributed by atoms with van der Waals surface area (Å²) in [5.41, 5.74) is 4.13. The number of nitrogens with zero attached hydrogens (tertiary/aromatic N) is 3. The molecule has 130 valence electrons. The molecule has 0 saturated carbocycles. The fourth-order valence-electron chi connectivity index (χ4n) is 3.29. The molecule has 0 aliphatic carbocycles. The monoisotopic (exact) mass is 337 g/mol. The molecule has 1 aliphatic rings. The van der Waals surface area contributed by atoms with E-state index in [1.807, 2.05) is 31.6 Å². The van der Waals surface area contributed by atoms with E-state index in [0.29, 0.717) is 6.61 Å². The van der Waals surface area contributed by atoms with Crippen LogP contribution in [0, 0.1) is 6.92 Å². The van der Waals surface area contributed by atoms with Gasteiger partial charge in [-0.1, -0.05) is 0 Å². The molecule has 1 unspecified atom stereocenters.